The molecule has 0 aromatic rings. The average Bonchev–Trinajstić information content (AvgIpc) is 2.05. The zero-order valence-electron chi connectivity index (χ0n) is 5.43. The second-order valence-corrected chi connectivity index (χ2v) is 3.58. The average molecular weight is 232 g/mol. The monoisotopic (exact) mass is 232 g/mol. The maximum Gasteiger partial charge on any atom is 0.391 e. The van der Waals surface area contributed by atoms with Gasteiger partial charge in [-0.15, -0.1) is 0 Å². The van der Waals surface area contributed by atoms with Crippen molar-refractivity contribution in [3.8, 4) is 0 Å². The molecule has 1 aliphatic rings. The van der Waals surface area contributed by atoms with Crippen LogP contribution in [0.1, 0.15) is 0 Å². The number of hydrogen-bond acceptors (Lipinski definition) is 0. The Morgan fingerprint density at radius 3 is 1.38 bits per heavy atom. The predicted octanol–water partition coefficient (Wildman–Crippen LogP) is 3.12. The topological polar surface area (TPSA) is 0 Å². The van der Waals surface area contributed by atoms with E-state index in [0.717, 1.165) is 0 Å². The Kier molecular flexibility index (Phi) is 1.96. The standard InChI is InChI=1S/C4F8S/c5-1-2(6,7)3(8,9)4(10,11)13(1)12. The first-order valence-electron chi connectivity index (χ1n) is 2.64. The molecule has 0 saturated carbocycles. The molecule has 0 aromatic heterocycles. The molecule has 0 fully saturated rings. The van der Waals surface area contributed by atoms with Crippen molar-refractivity contribution in [2.45, 2.75) is 17.1 Å². The molecular formula is C4F8S. The first-order chi connectivity index (χ1) is 5.57. The molecule has 0 nitrogen and oxygen atoms in total. The van der Waals surface area contributed by atoms with Crippen LogP contribution < -0.4 is 0 Å². The van der Waals surface area contributed by atoms with E-state index in [-0.39, 0.29) is 0 Å². The van der Waals surface area contributed by atoms with Gasteiger partial charge in [0.15, 0.2) is 0 Å². The van der Waals surface area contributed by atoms with Gasteiger partial charge in [-0.2, -0.15) is 34.6 Å². The lowest BCUT2D eigenvalue weighted by Crippen LogP contribution is -2.49. The van der Waals surface area contributed by atoms with Crippen LogP contribution in [0.5, 0.6) is 0 Å². The van der Waals surface area contributed by atoms with E-state index in [4.69, 9.17) is 0 Å². The molecule has 0 aromatic carbocycles. The maximum atomic E-state index is 12.0. The van der Waals surface area contributed by atoms with Gasteiger partial charge in [-0.05, 0) is 0 Å². The molecule has 1 unspecified atom stereocenters. The van der Waals surface area contributed by atoms with Crippen LogP contribution in [0.3, 0.4) is 0 Å². The molecular weight excluding hydrogens is 232 g/mol. The highest BCUT2D eigenvalue weighted by Crippen LogP contribution is 2.62. The summed E-state index contributed by atoms with van der Waals surface area (Å²) < 4.78 is 95.9. The molecule has 0 N–H and O–H groups in total. The first kappa shape index (κ1) is 10.7. The summed E-state index contributed by atoms with van der Waals surface area (Å²) >= 11 is 0. The highest BCUT2D eigenvalue weighted by atomic mass is 32.2. The fourth-order valence-electron chi connectivity index (χ4n) is 0.644. The maximum absolute atomic E-state index is 12.0. The zero-order chi connectivity index (χ0) is 10.7. The summed E-state index contributed by atoms with van der Waals surface area (Å²) in [5, 5.41) is -8.98. The van der Waals surface area contributed by atoms with Crippen LogP contribution in [0.2, 0.25) is 0 Å². The van der Waals surface area contributed by atoms with Gasteiger partial charge in [0.05, 0.1) is 0 Å². The molecule has 78 valence electrons. The minimum absolute atomic E-state index is 3.30. The van der Waals surface area contributed by atoms with E-state index in [2.05, 4.69) is 0 Å². The largest absolute Gasteiger partial charge is 0.391 e. The van der Waals surface area contributed by atoms with Gasteiger partial charge in [-0.25, -0.2) is 0 Å². The third kappa shape index (κ3) is 0.960. The lowest BCUT2D eigenvalue weighted by molar-refractivity contribution is -0.244. The molecule has 13 heavy (non-hydrogen) atoms. The molecule has 0 aliphatic carbocycles. The molecule has 0 spiro atoms. The quantitative estimate of drug-likeness (QED) is 0.342. The van der Waals surface area contributed by atoms with Crippen molar-refractivity contribution < 1.29 is 34.6 Å². The Morgan fingerprint density at radius 1 is 0.923 bits per heavy atom. The van der Waals surface area contributed by atoms with E-state index in [0.29, 0.717) is 0 Å². The highest BCUT2D eigenvalue weighted by molar-refractivity contribution is 8.12. The van der Waals surface area contributed by atoms with Crippen molar-refractivity contribution in [3.05, 3.63) is 0 Å². The minimum Gasteiger partial charge on any atom is -0.195 e. The second kappa shape index (κ2) is 2.37. The van der Waals surface area contributed by atoms with Crippen LogP contribution in [0.25, 0.3) is 0 Å². The summed E-state index contributed by atoms with van der Waals surface area (Å²) in [5.41, 5.74) is 0. The van der Waals surface area contributed by atoms with Crippen molar-refractivity contribution in [3.63, 3.8) is 0 Å². The Bertz CT molecular complexity index is 252. The molecule has 1 heterocycles. The molecule has 1 atom stereocenters. The zero-order valence-corrected chi connectivity index (χ0v) is 6.25. The van der Waals surface area contributed by atoms with Gasteiger partial charge in [0.2, 0.25) is 5.12 Å². The van der Waals surface area contributed by atoms with Crippen molar-refractivity contribution in [2.24, 2.45) is 0 Å². The van der Waals surface area contributed by atoms with Gasteiger partial charge in [0.25, 0.3) is 0 Å². The number of alkyl halides is 6. The van der Waals surface area contributed by atoms with Gasteiger partial charge >= 0.3 is 17.1 Å². The third-order valence-electron chi connectivity index (χ3n) is 1.39. The van der Waals surface area contributed by atoms with Crippen molar-refractivity contribution in [1.29, 1.82) is 0 Å². The summed E-state index contributed by atoms with van der Waals surface area (Å²) in [6, 6.07) is 0. The van der Waals surface area contributed by atoms with Crippen molar-refractivity contribution in [2.75, 3.05) is 0 Å². The second-order valence-electron chi connectivity index (χ2n) is 2.20. The van der Waals surface area contributed by atoms with Crippen LogP contribution >= 0.6 is 10.9 Å². The Morgan fingerprint density at radius 2 is 1.31 bits per heavy atom. The SMILES string of the molecule is FC1=S(F)C(F)(F)C(F)(F)C1(F)F. The summed E-state index contributed by atoms with van der Waals surface area (Å²) in [6.07, 6.45) is 0. The smallest absolute Gasteiger partial charge is 0.195 e. The normalized spacial score (nSPS) is 35.1. The number of rotatable bonds is 0. The van der Waals surface area contributed by atoms with Crippen LogP contribution in [-0.4, -0.2) is 22.2 Å². The Labute approximate surface area is 68.7 Å². The van der Waals surface area contributed by atoms with Crippen LogP contribution in [0.15, 0.2) is 0 Å². The third-order valence-corrected chi connectivity index (χ3v) is 2.67. The number of hydrogen-bond donors (Lipinski definition) is 0. The highest BCUT2D eigenvalue weighted by Gasteiger charge is 2.82. The molecule has 1 aliphatic heterocycles. The van der Waals surface area contributed by atoms with Gasteiger partial charge in [-0.1, -0.05) is 0 Å². The first-order valence-corrected chi connectivity index (χ1v) is 3.76. The van der Waals surface area contributed by atoms with Crippen LogP contribution in [0.4, 0.5) is 34.6 Å². The summed E-state index contributed by atoms with van der Waals surface area (Å²) in [6.45, 7) is 0. The minimum atomic E-state index is -6.01. The van der Waals surface area contributed by atoms with E-state index in [1.54, 1.807) is 0 Å². The fraction of sp³-hybridized carbons (Fsp3) is 0.750. The predicted molar refractivity (Wildman–Crippen MR) is 29.7 cm³/mol. The van der Waals surface area contributed by atoms with E-state index in [9.17, 15) is 34.6 Å². The molecule has 1 rings (SSSR count). The van der Waals surface area contributed by atoms with Crippen molar-refractivity contribution in [1.82, 2.24) is 0 Å². The van der Waals surface area contributed by atoms with Crippen LogP contribution in [0, 0.1) is 0 Å². The lowest BCUT2D eigenvalue weighted by atomic mass is 10.2. The van der Waals surface area contributed by atoms with Gasteiger partial charge in [0.1, 0.15) is 10.9 Å². The molecule has 0 saturated heterocycles. The number of halogens is 8. The van der Waals surface area contributed by atoms with Crippen LogP contribution in [-0.2, 0) is 0 Å². The Balaban J connectivity index is 3.39. The van der Waals surface area contributed by atoms with Crippen molar-refractivity contribution >= 4 is 16.0 Å². The molecule has 0 bridgehead atoms. The summed E-state index contributed by atoms with van der Waals surface area (Å²) in [4.78, 5) is 0. The van der Waals surface area contributed by atoms with E-state index in [1.165, 1.54) is 0 Å². The molecule has 0 amide bonds. The van der Waals surface area contributed by atoms with Gasteiger partial charge in [0, 0.05) is 0 Å². The summed E-state index contributed by atoms with van der Waals surface area (Å²) in [7, 11) is -4.55. The van der Waals surface area contributed by atoms with Gasteiger partial charge in [-0.3, -0.25) is 0 Å². The van der Waals surface area contributed by atoms with E-state index < -0.39 is 33.1 Å². The van der Waals surface area contributed by atoms with E-state index in [1.807, 2.05) is 0 Å². The fourth-order valence-corrected chi connectivity index (χ4v) is 1.58. The lowest BCUT2D eigenvalue weighted by Gasteiger charge is -2.22. The van der Waals surface area contributed by atoms with E-state index >= 15 is 0 Å². The van der Waals surface area contributed by atoms with Gasteiger partial charge < -0.3 is 0 Å². The Hall–Kier alpha value is -0.340. The molecule has 0 radical (unpaired) electrons. The molecule has 9 heteroatoms. The summed E-state index contributed by atoms with van der Waals surface area (Å²) in [5.74, 6) is -11.8.